The minimum absolute atomic E-state index is 0.275. The summed E-state index contributed by atoms with van der Waals surface area (Å²) in [6.07, 6.45) is 0. The summed E-state index contributed by atoms with van der Waals surface area (Å²) in [5.41, 5.74) is 1.09. The monoisotopic (exact) mass is 413 g/mol. The van der Waals surface area contributed by atoms with Gasteiger partial charge in [-0.3, -0.25) is 9.59 Å². The van der Waals surface area contributed by atoms with E-state index in [1.165, 1.54) is 30.6 Å². The summed E-state index contributed by atoms with van der Waals surface area (Å²) in [5, 5.41) is 7.87. The zero-order valence-corrected chi connectivity index (χ0v) is 16.9. The lowest BCUT2D eigenvalue weighted by atomic mass is 10.2. The van der Waals surface area contributed by atoms with E-state index in [4.69, 9.17) is 9.47 Å². The molecular weight excluding hydrogens is 394 g/mol. The summed E-state index contributed by atoms with van der Waals surface area (Å²) >= 11 is 1.23. The van der Waals surface area contributed by atoms with E-state index in [2.05, 4.69) is 10.4 Å². The lowest BCUT2D eigenvalue weighted by Crippen LogP contribution is -2.25. The molecule has 8 nitrogen and oxygen atoms in total. The van der Waals surface area contributed by atoms with Crippen LogP contribution < -0.4 is 14.8 Å². The number of nitrogens with one attached hydrogen (secondary N) is 1. The highest BCUT2D eigenvalue weighted by molar-refractivity contribution is 8.14. The molecule has 0 unspecified atom stereocenters. The van der Waals surface area contributed by atoms with Crippen molar-refractivity contribution in [3.63, 3.8) is 0 Å². The van der Waals surface area contributed by atoms with Crippen LogP contribution in [0.15, 0.2) is 53.6 Å². The molecule has 1 aliphatic rings. The number of rotatable bonds is 4. The van der Waals surface area contributed by atoms with Crippen LogP contribution in [0.25, 0.3) is 0 Å². The van der Waals surface area contributed by atoms with Crippen molar-refractivity contribution in [3.05, 3.63) is 59.7 Å². The van der Waals surface area contributed by atoms with Gasteiger partial charge in [-0.2, -0.15) is 0 Å². The van der Waals surface area contributed by atoms with E-state index in [0.29, 0.717) is 27.8 Å². The molecule has 9 heteroatoms. The van der Waals surface area contributed by atoms with Crippen LogP contribution in [0.3, 0.4) is 0 Å². The van der Waals surface area contributed by atoms with Crippen molar-refractivity contribution in [1.82, 2.24) is 10.3 Å². The molecule has 1 N–H and O–H groups in total. The van der Waals surface area contributed by atoms with Gasteiger partial charge in [-0.25, -0.2) is 9.80 Å². The van der Waals surface area contributed by atoms with Gasteiger partial charge in [-0.1, -0.05) is 23.9 Å². The van der Waals surface area contributed by atoms with Crippen LogP contribution in [-0.4, -0.2) is 35.1 Å². The van der Waals surface area contributed by atoms with Crippen LogP contribution in [0.2, 0.25) is 0 Å². The quantitative estimate of drug-likeness (QED) is 0.611. The number of nitrogens with zero attached hydrogens (tertiary/aromatic N) is 2. The van der Waals surface area contributed by atoms with E-state index in [1.807, 2.05) is 0 Å². The van der Waals surface area contributed by atoms with Crippen molar-refractivity contribution in [3.8, 4) is 11.5 Å². The number of hydrogen-bond donors (Lipinski definition) is 1. The number of carbonyl (C=O) groups excluding carboxylic acids is 3. The molecule has 0 saturated carbocycles. The molecular formula is C20H19N3O5S. The van der Waals surface area contributed by atoms with Gasteiger partial charge < -0.3 is 14.8 Å². The zero-order valence-electron chi connectivity index (χ0n) is 16.0. The highest BCUT2D eigenvalue weighted by Crippen LogP contribution is 2.39. The third kappa shape index (κ3) is 4.94. The number of benzene rings is 2. The Hall–Kier alpha value is -3.33. The average Bonchev–Trinajstić information content (AvgIpc) is 3.11. The van der Waals surface area contributed by atoms with Crippen molar-refractivity contribution in [2.45, 2.75) is 19.2 Å². The van der Waals surface area contributed by atoms with E-state index in [-0.39, 0.29) is 11.8 Å². The maximum Gasteiger partial charge on any atom is 0.343 e. The third-order valence-corrected chi connectivity index (χ3v) is 5.03. The first-order valence-corrected chi connectivity index (χ1v) is 9.54. The van der Waals surface area contributed by atoms with Gasteiger partial charge in [0.15, 0.2) is 5.17 Å². The number of ether oxygens (including phenoxy) is 2. The lowest BCUT2D eigenvalue weighted by Gasteiger charge is -2.19. The highest BCUT2D eigenvalue weighted by atomic mass is 32.2. The molecule has 3 rings (SSSR count). The van der Waals surface area contributed by atoms with Crippen LogP contribution in [0.4, 0.5) is 0 Å². The fourth-order valence-electron chi connectivity index (χ4n) is 2.60. The second-order valence-electron chi connectivity index (χ2n) is 6.11. The van der Waals surface area contributed by atoms with Crippen molar-refractivity contribution in [2.75, 3.05) is 7.11 Å². The first-order chi connectivity index (χ1) is 13.9. The van der Waals surface area contributed by atoms with E-state index in [0.717, 1.165) is 0 Å². The summed E-state index contributed by atoms with van der Waals surface area (Å²) in [6, 6.07) is 13.4. The Morgan fingerprint density at radius 2 is 1.79 bits per heavy atom. The van der Waals surface area contributed by atoms with Crippen molar-refractivity contribution in [1.29, 1.82) is 0 Å². The Labute approximate surface area is 171 Å². The molecule has 0 bridgehead atoms. The number of hydrazone groups is 1. The SMILES string of the molecule is COc1ccc(C(=O)Oc2cccc([C@H]3SC(NC(C)=O)=NN3C(C)=O)c2)cc1. The maximum absolute atomic E-state index is 12.4. The zero-order chi connectivity index (χ0) is 21.0. The van der Waals surface area contributed by atoms with Gasteiger partial charge in [0, 0.05) is 13.8 Å². The number of carbonyl (C=O) groups is 3. The minimum atomic E-state index is -0.512. The molecule has 0 saturated heterocycles. The first kappa shape index (κ1) is 20.4. The molecule has 29 heavy (non-hydrogen) atoms. The number of amidine groups is 1. The van der Waals surface area contributed by atoms with Crippen LogP contribution in [-0.2, 0) is 9.59 Å². The molecule has 0 aromatic heterocycles. The average molecular weight is 413 g/mol. The Kier molecular flexibility index (Phi) is 6.18. The number of methoxy groups -OCH3 is 1. The fraction of sp³-hybridized carbons (Fsp3) is 0.200. The van der Waals surface area contributed by atoms with Gasteiger partial charge in [0.1, 0.15) is 16.9 Å². The first-order valence-electron chi connectivity index (χ1n) is 8.66. The van der Waals surface area contributed by atoms with Crippen molar-refractivity contribution < 1.29 is 23.9 Å². The minimum Gasteiger partial charge on any atom is -0.497 e. The summed E-state index contributed by atoms with van der Waals surface area (Å²) < 4.78 is 10.5. The molecule has 2 aromatic rings. The van der Waals surface area contributed by atoms with Crippen LogP contribution in [0.1, 0.15) is 35.1 Å². The molecule has 0 fully saturated rings. The number of thioether (sulfide) groups is 1. The van der Waals surface area contributed by atoms with Gasteiger partial charge in [-0.05, 0) is 42.0 Å². The summed E-state index contributed by atoms with van der Waals surface area (Å²) in [7, 11) is 1.55. The number of amides is 2. The molecule has 0 aliphatic carbocycles. The Morgan fingerprint density at radius 1 is 1.07 bits per heavy atom. The largest absolute Gasteiger partial charge is 0.497 e. The Morgan fingerprint density at radius 3 is 2.41 bits per heavy atom. The van der Waals surface area contributed by atoms with Crippen LogP contribution in [0, 0.1) is 0 Å². The fourth-order valence-corrected chi connectivity index (χ4v) is 3.73. The maximum atomic E-state index is 12.4. The molecule has 150 valence electrons. The van der Waals surface area contributed by atoms with Gasteiger partial charge >= 0.3 is 5.97 Å². The van der Waals surface area contributed by atoms with Crippen molar-refractivity contribution in [2.24, 2.45) is 5.10 Å². The summed E-state index contributed by atoms with van der Waals surface area (Å²) in [6.45, 7) is 2.76. The Bertz CT molecular complexity index is 974. The second-order valence-corrected chi connectivity index (χ2v) is 7.18. The number of esters is 1. The standard InChI is InChI=1S/C20H19N3O5S/c1-12(24)21-20-22-23(13(2)25)18(29-20)15-5-4-6-17(11-15)28-19(26)14-7-9-16(27-3)10-8-14/h4-11,18H,1-3H3,(H,21,22,24)/t18-/m1/s1. The van der Waals surface area contributed by atoms with Crippen LogP contribution >= 0.6 is 11.8 Å². The van der Waals surface area contributed by atoms with Gasteiger partial charge in [-0.15, -0.1) is 5.10 Å². The molecule has 1 heterocycles. The molecule has 0 radical (unpaired) electrons. The topological polar surface area (TPSA) is 97.3 Å². The van der Waals surface area contributed by atoms with E-state index >= 15 is 0 Å². The third-order valence-electron chi connectivity index (χ3n) is 3.93. The lowest BCUT2D eigenvalue weighted by molar-refractivity contribution is -0.129. The Balaban J connectivity index is 1.77. The summed E-state index contributed by atoms with van der Waals surface area (Å²) in [4.78, 5) is 35.6. The second kappa shape index (κ2) is 8.78. The predicted octanol–water partition coefficient (Wildman–Crippen LogP) is 2.92. The van der Waals surface area contributed by atoms with E-state index in [9.17, 15) is 14.4 Å². The molecule has 1 atom stereocenters. The summed E-state index contributed by atoms with van der Waals surface area (Å²) in [5.74, 6) is -0.0879. The van der Waals surface area contributed by atoms with E-state index < -0.39 is 11.3 Å². The van der Waals surface area contributed by atoms with Gasteiger partial charge in [0.2, 0.25) is 11.8 Å². The molecule has 2 aromatic carbocycles. The van der Waals surface area contributed by atoms with E-state index in [1.54, 1.807) is 55.6 Å². The smallest absolute Gasteiger partial charge is 0.343 e. The van der Waals surface area contributed by atoms with Crippen molar-refractivity contribution >= 4 is 34.7 Å². The van der Waals surface area contributed by atoms with Gasteiger partial charge in [0.05, 0.1) is 12.7 Å². The highest BCUT2D eigenvalue weighted by Gasteiger charge is 2.32. The molecule has 2 amide bonds. The number of hydrogen-bond acceptors (Lipinski definition) is 7. The molecule has 0 spiro atoms. The van der Waals surface area contributed by atoms with Crippen LogP contribution in [0.5, 0.6) is 11.5 Å². The van der Waals surface area contributed by atoms with Gasteiger partial charge in [0.25, 0.3) is 0 Å². The normalized spacial score (nSPS) is 15.5. The molecule has 1 aliphatic heterocycles. The predicted molar refractivity (Wildman–Crippen MR) is 108 cm³/mol.